The number of hydrogen-bond donors (Lipinski definition) is 2. The van der Waals surface area contributed by atoms with Crippen LogP contribution in [-0.4, -0.2) is 30.1 Å². The molecule has 0 aliphatic heterocycles. The summed E-state index contributed by atoms with van der Waals surface area (Å²) >= 11 is 0. The number of ether oxygens (including phenoxy) is 1. The molecule has 0 unspecified atom stereocenters. The van der Waals surface area contributed by atoms with Gasteiger partial charge in [-0.1, -0.05) is 95.0 Å². The first kappa shape index (κ1) is 31.7. The predicted molar refractivity (Wildman–Crippen MR) is 163 cm³/mol. The largest absolute Gasteiger partial charge is 0.479 e. The number of unbranched alkanes of at least 4 members (excludes halogenated alkanes) is 9. The van der Waals surface area contributed by atoms with E-state index in [1.54, 1.807) is 12.1 Å². The second-order valence-electron chi connectivity index (χ2n) is 10.2. The molecule has 0 radical (unpaired) electrons. The van der Waals surface area contributed by atoms with Gasteiger partial charge < -0.3 is 15.2 Å². The second-order valence-corrected chi connectivity index (χ2v) is 10.2. The summed E-state index contributed by atoms with van der Waals surface area (Å²) in [5.41, 5.74) is 2.16. The Morgan fingerprint density at radius 3 is 1.93 bits per heavy atom. The van der Waals surface area contributed by atoms with Gasteiger partial charge in [0.25, 0.3) is 5.91 Å². The molecule has 2 N–H and O–H groups in total. The summed E-state index contributed by atoms with van der Waals surface area (Å²) in [6, 6.07) is 24.0. The predicted octanol–water partition coefficient (Wildman–Crippen LogP) is 8.15. The molecule has 1 amide bonds. The van der Waals surface area contributed by atoms with E-state index in [1.165, 1.54) is 56.4 Å². The first-order valence-electron chi connectivity index (χ1n) is 14.9. The molecule has 0 aromatic heterocycles. The molecule has 3 aromatic rings. The molecular formula is C34H44N2O5. The Balaban J connectivity index is 1.44. The fourth-order valence-electron chi connectivity index (χ4n) is 4.49. The average molecular weight is 561 g/mol. The lowest BCUT2D eigenvalue weighted by atomic mass is 10.1. The highest BCUT2D eigenvalue weighted by atomic mass is 16.7. The van der Waals surface area contributed by atoms with Gasteiger partial charge >= 0.3 is 5.97 Å². The molecule has 3 rings (SSSR count). The van der Waals surface area contributed by atoms with Crippen LogP contribution >= 0.6 is 0 Å². The lowest BCUT2D eigenvalue weighted by molar-refractivity contribution is -0.142. The summed E-state index contributed by atoms with van der Waals surface area (Å²) in [4.78, 5) is 29.3. The van der Waals surface area contributed by atoms with Gasteiger partial charge in [0.15, 0.2) is 6.61 Å². The number of carbonyl (C=O) groups excluding carboxylic acids is 1. The minimum atomic E-state index is -1.06. The van der Waals surface area contributed by atoms with E-state index >= 15 is 0 Å². The normalized spacial score (nSPS) is 10.8. The van der Waals surface area contributed by atoms with Crippen LogP contribution in [0.5, 0.6) is 11.5 Å². The first-order valence-corrected chi connectivity index (χ1v) is 14.9. The van der Waals surface area contributed by atoms with Crippen LogP contribution in [0.1, 0.15) is 87.1 Å². The smallest absolute Gasteiger partial charge is 0.332 e. The molecule has 0 heterocycles. The summed E-state index contributed by atoms with van der Waals surface area (Å²) in [5.74, 6) is 0.243. The van der Waals surface area contributed by atoms with E-state index in [-0.39, 0.29) is 5.91 Å². The molecule has 0 saturated heterocycles. The molecule has 0 aliphatic rings. The molecule has 220 valence electrons. The SMILES string of the molecule is CCCCCCCCCCCCNC(=O)c1ccc(CN(OCC(=O)O)c2ccc(Oc3ccccc3)cc2)cc1. The first-order chi connectivity index (χ1) is 20.0. The van der Waals surface area contributed by atoms with Gasteiger partial charge in [0.2, 0.25) is 0 Å². The minimum absolute atomic E-state index is 0.0829. The number of nitrogens with zero attached hydrogens (tertiary/aromatic N) is 1. The van der Waals surface area contributed by atoms with Crippen LogP contribution in [0.4, 0.5) is 5.69 Å². The van der Waals surface area contributed by atoms with E-state index in [2.05, 4.69) is 12.2 Å². The standard InChI is InChI=1S/C34H44N2O5/c1-2-3-4-5-6-7-8-9-10-14-25-35-34(39)29-19-17-28(18-20-29)26-36(40-27-33(37)38)30-21-23-32(24-22-30)41-31-15-12-11-13-16-31/h11-13,15-24H,2-10,14,25-27H2,1H3,(H,35,39)(H,37,38). The third-order valence-electron chi connectivity index (χ3n) is 6.81. The third kappa shape index (κ3) is 12.5. The van der Waals surface area contributed by atoms with Crippen molar-refractivity contribution in [1.82, 2.24) is 5.32 Å². The topological polar surface area (TPSA) is 88.1 Å². The maximum Gasteiger partial charge on any atom is 0.332 e. The number of hydrogen-bond acceptors (Lipinski definition) is 5. The van der Waals surface area contributed by atoms with Crippen LogP contribution in [0.25, 0.3) is 0 Å². The Morgan fingerprint density at radius 2 is 1.32 bits per heavy atom. The molecule has 0 aliphatic carbocycles. The van der Waals surface area contributed by atoms with Crippen LogP contribution in [0.15, 0.2) is 78.9 Å². The molecule has 0 fully saturated rings. The Morgan fingerprint density at radius 1 is 0.732 bits per heavy atom. The second kappa shape index (κ2) is 18.5. The zero-order chi connectivity index (χ0) is 29.1. The average Bonchev–Trinajstić information content (AvgIpc) is 2.99. The lowest BCUT2D eigenvalue weighted by Crippen LogP contribution is -2.26. The van der Waals surface area contributed by atoms with Crippen molar-refractivity contribution in [3.8, 4) is 11.5 Å². The Kier molecular flexibility index (Phi) is 14.3. The molecule has 41 heavy (non-hydrogen) atoms. The molecule has 7 heteroatoms. The maximum absolute atomic E-state index is 12.6. The van der Waals surface area contributed by atoms with Crippen molar-refractivity contribution < 1.29 is 24.3 Å². The third-order valence-corrected chi connectivity index (χ3v) is 6.81. The van der Waals surface area contributed by atoms with Crippen LogP contribution < -0.4 is 15.1 Å². The number of carboxylic acids is 1. The monoisotopic (exact) mass is 560 g/mol. The molecular weight excluding hydrogens is 516 g/mol. The summed E-state index contributed by atoms with van der Waals surface area (Å²) < 4.78 is 5.85. The van der Waals surface area contributed by atoms with E-state index in [0.717, 1.165) is 24.2 Å². The maximum atomic E-state index is 12.6. The lowest BCUT2D eigenvalue weighted by Gasteiger charge is -2.23. The summed E-state index contributed by atoms with van der Waals surface area (Å²) in [7, 11) is 0. The number of rotatable bonds is 20. The van der Waals surface area contributed by atoms with Crippen molar-refractivity contribution in [2.24, 2.45) is 0 Å². The highest BCUT2D eigenvalue weighted by Crippen LogP contribution is 2.25. The van der Waals surface area contributed by atoms with Crippen LogP contribution in [-0.2, 0) is 16.2 Å². The number of benzene rings is 3. The van der Waals surface area contributed by atoms with Gasteiger partial charge in [0, 0.05) is 12.1 Å². The van der Waals surface area contributed by atoms with E-state index in [4.69, 9.17) is 14.7 Å². The Labute approximate surface area is 244 Å². The number of aliphatic carboxylic acids is 1. The van der Waals surface area contributed by atoms with Gasteiger partial charge in [-0.25, -0.2) is 9.86 Å². The van der Waals surface area contributed by atoms with Crippen molar-refractivity contribution in [2.45, 2.75) is 77.7 Å². The fraction of sp³-hybridized carbons (Fsp3) is 0.412. The number of amides is 1. The van der Waals surface area contributed by atoms with Gasteiger partial charge in [-0.3, -0.25) is 9.63 Å². The van der Waals surface area contributed by atoms with Gasteiger partial charge in [-0.15, -0.1) is 0 Å². The summed E-state index contributed by atoms with van der Waals surface area (Å²) in [6.45, 7) is 2.77. The van der Waals surface area contributed by atoms with E-state index in [1.807, 2.05) is 66.7 Å². The summed E-state index contributed by atoms with van der Waals surface area (Å²) in [5, 5.41) is 13.7. The van der Waals surface area contributed by atoms with Crippen molar-refractivity contribution in [3.63, 3.8) is 0 Å². The highest BCUT2D eigenvalue weighted by molar-refractivity contribution is 5.94. The van der Waals surface area contributed by atoms with Gasteiger partial charge in [0.1, 0.15) is 11.5 Å². The zero-order valence-corrected chi connectivity index (χ0v) is 24.2. The van der Waals surface area contributed by atoms with Crippen molar-refractivity contribution in [3.05, 3.63) is 90.0 Å². The van der Waals surface area contributed by atoms with Gasteiger partial charge in [0.05, 0.1) is 12.2 Å². The molecule has 3 aromatic carbocycles. The number of hydroxylamine groups is 1. The van der Waals surface area contributed by atoms with Crippen molar-refractivity contribution in [1.29, 1.82) is 0 Å². The highest BCUT2D eigenvalue weighted by Gasteiger charge is 2.12. The van der Waals surface area contributed by atoms with Gasteiger partial charge in [-0.05, 0) is 60.5 Å². The number of para-hydroxylation sites is 1. The van der Waals surface area contributed by atoms with Crippen LogP contribution in [0, 0.1) is 0 Å². The zero-order valence-electron chi connectivity index (χ0n) is 24.2. The van der Waals surface area contributed by atoms with Crippen molar-refractivity contribution in [2.75, 3.05) is 18.2 Å². The minimum Gasteiger partial charge on any atom is -0.479 e. The van der Waals surface area contributed by atoms with Gasteiger partial charge in [-0.2, -0.15) is 0 Å². The molecule has 0 saturated carbocycles. The molecule has 0 spiro atoms. The van der Waals surface area contributed by atoms with Crippen LogP contribution in [0.2, 0.25) is 0 Å². The Hall–Kier alpha value is -3.84. The number of carbonyl (C=O) groups is 2. The molecule has 0 atom stereocenters. The number of anilines is 1. The van der Waals surface area contributed by atoms with E-state index in [0.29, 0.717) is 30.1 Å². The summed E-state index contributed by atoms with van der Waals surface area (Å²) in [6.07, 6.45) is 12.6. The van der Waals surface area contributed by atoms with E-state index in [9.17, 15) is 9.59 Å². The molecule has 0 bridgehead atoms. The van der Waals surface area contributed by atoms with Crippen molar-refractivity contribution >= 4 is 17.6 Å². The fourth-order valence-corrected chi connectivity index (χ4v) is 4.49. The van der Waals surface area contributed by atoms with Crippen LogP contribution in [0.3, 0.4) is 0 Å². The van der Waals surface area contributed by atoms with E-state index < -0.39 is 12.6 Å². The number of carboxylic acid groups (broad SMARTS) is 1. The Bertz CT molecular complexity index is 1150. The number of nitrogens with one attached hydrogen (secondary N) is 1. The molecule has 7 nitrogen and oxygen atoms in total. The quantitative estimate of drug-likeness (QED) is 0.107.